The predicted octanol–water partition coefficient (Wildman–Crippen LogP) is 0.680. The molecule has 1 aromatic rings. The van der Waals surface area contributed by atoms with Crippen LogP contribution in [0.3, 0.4) is 0 Å². The zero-order valence-corrected chi connectivity index (χ0v) is 13.8. The Morgan fingerprint density at radius 1 is 1.35 bits per heavy atom. The van der Waals surface area contributed by atoms with Gasteiger partial charge in [-0.3, -0.25) is 9.59 Å². The largest absolute Gasteiger partial charge is 0.484 e. The Morgan fingerprint density at radius 2 is 2.04 bits per heavy atom. The van der Waals surface area contributed by atoms with Gasteiger partial charge < -0.3 is 25.8 Å². The number of carbonyl (C=O) groups excluding carboxylic acids is 2. The minimum absolute atomic E-state index is 0. The summed E-state index contributed by atoms with van der Waals surface area (Å²) in [5, 5.41) is 6.05. The average Bonchev–Trinajstić information content (AvgIpc) is 2.54. The van der Waals surface area contributed by atoms with Crippen molar-refractivity contribution in [3.05, 3.63) is 24.3 Å². The summed E-state index contributed by atoms with van der Waals surface area (Å²) in [7, 11) is 1.55. The first-order chi connectivity index (χ1) is 10.6. The second-order valence-electron chi connectivity index (χ2n) is 5.19. The molecule has 4 N–H and O–H groups in total. The molecule has 128 valence electrons. The third kappa shape index (κ3) is 5.09. The number of carbonyl (C=O) groups is 2. The number of methoxy groups -OCH3 is 1. The van der Waals surface area contributed by atoms with E-state index in [2.05, 4.69) is 10.6 Å². The molecule has 23 heavy (non-hydrogen) atoms. The number of hydrogen-bond acceptors (Lipinski definition) is 5. The van der Waals surface area contributed by atoms with Gasteiger partial charge in [0.1, 0.15) is 11.4 Å². The minimum Gasteiger partial charge on any atom is -0.484 e. The summed E-state index contributed by atoms with van der Waals surface area (Å²) >= 11 is 0. The van der Waals surface area contributed by atoms with Crippen molar-refractivity contribution in [3.8, 4) is 5.75 Å². The number of amides is 2. The number of nitrogens with one attached hydrogen (secondary N) is 2. The van der Waals surface area contributed by atoms with E-state index in [1.54, 1.807) is 31.4 Å². The SMILES string of the molecule is COC1(C(=O)Nc2cccc(OCC(N)=O)c2)CCNCC1.Cl. The lowest BCUT2D eigenvalue weighted by Gasteiger charge is -2.34. The second-order valence-corrected chi connectivity index (χ2v) is 5.19. The van der Waals surface area contributed by atoms with Crippen LogP contribution < -0.4 is 21.1 Å². The van der Waals surface area contributed by atoms with Crippen LogP contribution in [0.15, 0.2) is 24.3 Å². The van der Waals surface area contributed by atoms with Crippen molar-refractivity contribution >= 4 is 29.9 Å². The number of nitrogens with two attached hydrogens (primary N) is 1. The minimum atomic E-state index is -0.810. The van der Waals surface area contributed by atoms with Gasteiger partial charge in [-0.1, -0.05) is 6.07 Å². The maximum Gasteiger partial charge on any atom is 0.256 e. The molecule has 8 heteroatoms. The number of rotatable bonds is 6. The molecule has 1 aromatic carbocycles. The summed E-state index contributed by atoms with van der Waals surface area (Å²) in [6.07, 6.45) is 1.24. The van der Waals surface area contributed by atoms with Gasteiger partial charge >= 0.3 is 0 Å². The molecule has 0 aliphatic carbocycles. The first kappa shape index (κ1) is 19.2. The summed E-state index contributed by atoms with van der Waals surface area (Å²) in [6.45, 7) is 1.27. The summed E-state index contributed by atoms with van der Waals surface area (Å²) in [5.41, 5.74) is 4.81. The molecule has 0 atom stereocenters. The predicted molar refractivity (Wildman–Crippen MR) is 88.9 cm³/mol. The number of benzene rings is 1. The molecule has 0 unspecified atom stereocenters. The fourth-order valence-corrected chi connectivity index (χ4v) is 2.42. The number of piperidine rings is 1. The molecule has 1 aliphatic rings. The van der Waals surface area contributed by atoms with Crippen LogP contribution in [0.1, 0.15) is 12.8 Å². The number of ether oxygens (including phenoxy) is 2. The lowest BCUT2D eigenvalue weighted by atomic mass is 9.91. The van der Waals surface area contributed by atoms with E-state index in [0.29, 0.717) is 24.3 Å². The quantitative estimate of drug-likeness (QED) is 0.705. The Kier molecular flexibility index (Phi) is 7.28. The molecule has 0 bridgehead atoms. The van der Waals surface area contributed by atoms with Gasteiger partial charge in [-0.25, -0.2) is 0 Å². The van der Waals surface area contributed by atoms with Crippen molar-refractivity contribution in [2.75, 3.05) is 32.1 Å². The van der Waals surface area contributed by atoms with Crippen LogP contribution in [0.2, 0.25) is 0 Å². The highest BCUT2D eigenvalue weighted by Crippen LogP contribution is 2.25. The van der Waals surface area contributed by atoms with Crippen molar-refractivity contribution in [2.24, 2.45) is 5.73 Å². The Bertz CT molecular complexity index is 547. The standard InChI is InChI=1S/C15H21N3O4.ClH/c1-21-15(5-7-17-8-6-15)14(20)18-11-3-2-4-12(9-11)22-10-13(16)19;/h2-4,9,17H,5-8,10H2,1H3,(H2,16,19)(H,18,20);1H. The molecular formula is C15H22ClN3O4. The first-order valence-corrected chi connectivity index (χ1v) is 7.14. The molecule has 2 amide bonds. The van der Waals surface area contributed by atoms with Gasteiger partial charge in [-0.15, -0.1) is 12.4 Å². The maximum atomic E-state index is 12.5. The summed E-state index contributed by atoms with van der Waals surface area (Å²) in [6, 6.07) is 6.81. The van der Waals surface area contributed by atoms with Gasteiger partial charge in [0.15, 0.2) is 6.61 Å². The number of hydrogen-bond donors (Lipinski definition) is 3. The molecule has 1 fully saturated rings. The van der Waals surface area contributed by atoms with Gasteiger partial charge in [-0.05, 0) is 38.1 Å². The molecule has 2 rings (SSSR count). The lowest BCUT2D eigenvalue weighted by Crippen LogP contribution is -2.51. The molecule has 0 aromatic heterocycles. The normalized spacial score (nSPS) is 16.0. The van der Waals surface area contributed by atoms with Crippen LogP contribution in [0.25, 0.3) is 0 Å². The van der Waals surface area contributed by atoms with E-state index in [1.807, 2.05) is 0 Å². The van der Waals surface area contributed by atoms with Crippen molar-refractivity contribution in [3.63, 3.8) is 0 Å². The van der Waals surface area contributed by atoms with Crippen LogP contribution in [0.4, 0.5) is 5.69 Å². The highest BCUT2D eigenvalue weighted by Gasteiger charge is 2.39. The van der Waals surface area contributed by atoms with Crippen molar-refractivity contribution < 1.29 is 19.1 Å². The van der Waals surface area contributed by atoms with Gasteiger partial charge in [0.05, 0.1) is 0 Å². The zero-order valence-electron chi connectivity index (χ0n) is 13.0. The van der Waals surface area contributed by atoms with Crippen LogP contribution >= 0.6 is 12.4 Å². The van der Waals surface area contributed by atoms with Crippen LogP contribution in [0.5, 0.6) is 5.75 Å². The highest BCUT2D eigenvalue weighted by molar-refractivity contribution is 5.97. The van der Waals surface area contributed by atoms with E-state index in [-0.39, 0.29) is 24.9 Å². The van der Waals surface area contributed by atoms with E-state index in [1.165, 1.54) is 0 Å². The molecular weight excluding hydrogens is 322 g/mol. The highest BCUT2D eigenvalue weighted by atomic mass is 35.5. The van der Waals surface area contributed by atoms with Crippen LogP contribution in [0, 0.1) is 0 Å². The fourth-order valence-electron chi connectivity index (χ4n) is 2.42. The molecule has 1 saturated heterocycles. The number of anilines is 1. The molecule has 1 aliphatic heterocycles. The van der Waals surface area contributed by atoms with E-state index in [9.17, 15) is 9.59 Å². The van der Waals surface area contributed by atoms with E-state index < -0.39 is 11.5 Å². The summed E-state index contributed by atoms with van der Waals surface area (Å²) in [4.78, 5) is 23.2. The fraction of sp³-hybridized carbons (Fsp3) is 0.467. The van der Waals surface area contributed by atoms with Crippen molar-refractivity contribution in [2.45, 2.75) is 18.4 Å². The topological polar surface area (TPSA) is 103 Å². The summed E-state index contributed by atoms with van der Waals surface area (Å²) in [5.74, 6) is -0.264. The van der Waals surface area contributed by atoms with Gasteiger partial charge in [-0.2, -0.15) is 0 Å². The average molecular weight is 344 g/mol. The molecule has 7 nitrogen and oxygen atoms in total. The van der Waals surface area contributed by atoms with Crippen molar-refractivity contribution in [1.82, 2.24) is 5.32 Å². The number of halogens is 1. The Hall–Kier alpha value is -1.83. The van der Waals surface area contributed by atoms with E-state index in [4.69, 9.17) is 15.2 Å². The van der Waals surface area contributed by atoms with Gasteiger partial charge in [0.25, 0.3) is 11.8 Å². The first-order valence-electron chi connectivity index (χ1n) is 7.14. The third-order valence-electron chi connectivity index (χ3n) is 3.69. The Morgan fingerprint density at radius 3 is 2.65 bits per heavy atom. The Balaban J connectivity index is 0.00000264. The summed E-state index contributed by atoms with van der Waals surface area (Å²) < 4.78 is 10.7. The molecule has 1 heterocycles. The van der Waals surface area contributed by atoms with Crippen LogP contribution in [-0.2, 0) is 14.3 Å². The van der Waals surface area contributed by atoms with Crippen LogP contribution in [-0.4, -0.2) is 44.2 Å². The van der Waals surface area contributed by atoms with E-state index in [0.717, 1.165) is 13.1 Å². The number of primary amides is 1. The smallest absolute Gasteiger partial charge is 0.256 e. The van der Waals surface area contributed by atoms with E-state index >= 15 is 0 Å². The van der Waals surface area contributed by atoms with Gasteiger partial charge in [0, 0.05) is 18.9 Å². The molecule has 0 radical (unpaired) electrons. The van der Waals surface area contributed by atoms with Gasteiger partial charge in [0.2, 0.25) is 0 Å². The Labute approximate surface area is 141 Å². The third-order valence-corrected chi connectivity index (χ3v) is 3.69. The van der Waals surface area contributed by atoms with Crippen molar-refractivity contribution in [1.29, 1.82) is 0 Å². The molecule has 0 spiro atoms. The maximum absolute atomic E-state index is 12.5. The lowest BCUT2D eigenvalue weighted by molar-refractivity contribution is -0.140. The molecule has 0 saturated carbocycles. The monoisotopic (exact) mass is 343 g/mol. The second kappa shape index (κ2) is 8.71. The zero-order chi connectivity index (χ0) is 16.0.